The van der Waals surface area contributed by atoms with Gasteiger partial charge in [-0.15, -0.1) is 0 Å². The number of piperidine rings is 1. The number of furan rings is 1. The van der Waals surface area contributed by atoms with Gasteiger partial charge >= 0.3 is 0 Å². The number of rotatable bonds is 5. The van der Waals surface area contributed by atoms with E-state index >= 15 is 0 Å². The Labute approximate surface area is 179 Å². The third-order valence-corrected chi connectivity index (χ3v) is 6.51. The Balaban J connectivity index is 1.55. The average molecular weight is 405 g/mol. The van der Waals surface area contributed by atoms with Gasteiger partial charge in [-0.1, -0.05) is 36.2 Å². The maximum absolute atomic E-state index is 13.1. The van der Waals surface area contributed by atoms with Crippen molar-refractivity contribution in [2.75, 3.05) is 19.6 Å². The predicted molar refractivity (Wildman–Crippen MR) is 122 cm³/mol. The molecule has 4 heteroatoms. The van der Waals surface area contributed by atoms with Crippen molar-refractivity contribution in [1.82, 2.24) is 10.2 Å². The van der Waals surface area contributed by atoms with Crippen LogP contribution in [0.15, 0.2) is 40.8 Å². The molecular weight excluding hydrogens is 372 g/mol. The minimum Gasteiger partial charge on any atom is -0.451 e. The lowest BCUT2D eigenvalue weighted by atomic mass is 10.0. The third-order valence-electron chi connectivity index (χ3n) is 6.51. The van der Waals surface area contributed by atoms with Gasteiger partial charge in [0.2, 0.25) is 0 Å². The van der Waals surface area contributed by atoms with Crippen LogP contribution < -0.4 is 5.32 Å². The number of likely N-dealkylation sites (tertiary alicyclic amines) is 1. The Bertz CT molecular complexity index is 1040. The van der Waals surface area contributed by atoms with E-state index in [9.17, 15) is 4.79 Å². The largest absolute Gasteiger partial charge is 0.451 e. The smallest absolute Gasteiger partial charge is 0.287 e. The zero-order valence-corrected chi connectivity index (χ0v) is 18.5. The minimum atomic E-state index is -0.131. The first-order chi connectivity index (χ1) is 14.4. The summed E-state index contributed by atoms with van der Waals surface area (Å²) in [5.74, 6) is 0.296. The van der Waals surface area contributed by atoms with Crippen LogP contribution in [0, 0.1) is 27.7 Å². The van der Waals surface area contributed by atoms with Gasteiger partial charge in [0.1, 0.15) is 5.58 Å². The molecule has 1 aliphatic heterocycles. The first-order valence-corrected chi connectivity index (χ1v) is 11.0. The molecule has 3 aromatic rings. The standard InChI is InChI=1S/C26H32N2O2/c1-17-8-10-21(11-9-17)23(28-12-6-5-7-13-28)16-27-26(29)25-20(4)22-14-18(2)19(3)15-24(22)30-25/h8-11,14-15,23H,5-7,12-13,16H2,1-4H3,(H,27,29)/t23-/m0/s1. The lowest BCUT2D eigenvalue weighted by molar-refractivity contribution is 0.0898. The molecule has 158 valence electrons. The van der Waals surface area contributed by atoms with Crippen molar-refractivity contribution >= 4 is 16.9 Å². The lowest BCUT2D eigenvalue weighted by Gasteiger charge is -2.35. The van der Waals surface area contributed by atoms with Crippen molar-refractivity contribution in [2.24, 2.45) is 0 Å². The van der Waals surface area contributed by atoms with Crippen LogP contribution in [0.1, 0.15) is 63.7 Å². The Morgan fingerprint density at radius 2 is 1.67 bits per heavy atom. The number of hydrogen-bond donors (Lipinski definition) is 1. The van der Waals surface area contributed by atoms with E-state index in [-0.39, 0.29) is 11.9 Å². The molecule has 1 aliphatic rings. The van der Waals surface area contributed by atoms with Crippen LogP contribution in [0.2, 0.25) is 0 Å². The Kier molecular flexibility index (Phi) is 5.96. The molecule has 0 saturated carbocycles. The highest BCUT2D eigenvalue weighted by Crippen LogP contribution is 2.29. The van der Waals surface area contributed by atoms with Gasteiger partial charge in [-0.05, 0) is 82.4 Å². The summed E-state index contributed by atoms with van der Waals surface area (Å²) in [4.78, 5) is 15.6. The Morgan fingerprint density at radius 3 is 2.37 bits per heavy atom. The summed E-state index contributed by atoms with van der Waals surface area (Å²) < 4.78 is 5.97. The normalized spacial score (nSPS) is 16.0. The number of hydrogen-bond acceptors (Lipinski definition) is 3. The molecule has 1 N–H and O–H groups in total. The summed E-state index contributed by atoms with van der Waals surface area (Å²) in [7, 11) is 0. The molecule has 1 atom stereocenters. The molecule has 1 amide bonds. The van der Waals surface area contributed by atoms with Gasteiger partial charge in [-0.2, -0.15) is 0 Å². The number of amides is 1. The van der Waals surface area contributed by atoms with Gasteiger partial charge in [0.05, 0.1) is 6.04 Å². The van der Waals surface area contributed by atoms with E-state index in [0.29, 0.717) is 12.3 Å². The van der Waals surface area contributed by atoms with Crippen molar-refractivity contribution < 1.29 is 9.21 Å². The molecule has 0 bridgehead atoms. The third kappa shape index (κ3) is 4.15. The van der Waals surface area contributed by atoms with Crippen molar-refractivity contribution in [1.29, 1.82) is 0 Å². The van der Waals surface area contributed by atoms with E-state index in [1.54, 1.807) is 0 Å². The SMILES string of the molecule is Cc1ccc([C@H](CNC(=O)c2oc3cc(C)c(C)cc3c2C)N2CCCCC2)cc1. The van der Waals surface area contributed by atoms with Gasteiger partial charge in [0.25, 0.3) is 5.91 Å². The first-order valence-electron chi connectivity index (χ1n) is 11.0. The van der Waals surface area contributed by atoms with E-state index < -0.39 is 0 Å². The molecule has 0 radical (unpaired) electrons. The predicted octanol–water partition coefficient (Wildman–Crippen LogP) is 5.62. The summed E-state index contributed by atoms with van der Waals surface area (Å²) >= 11 is 0. The second kappa shape index (κ2) is 8.65. The monoisotopic (exact) mass is 404 g/mol. The van der Waals surface area contributed by atoms with Crippen molar-refractivity contribution in [3.05, 3.63) is 70.0 Å². The second-order valence-electron chi connectivity index (χ2n) is 8.72. The maximum atomic E-state index is 13.1. The topological polar surface area (TPSA) is 45.5 Å². The molecule has 2 aromatic carbocycles. The first kappa shape index (κ1) is 20.7. The second-order valence-corrected chi connectivity index (χ2v) is 8.72. The van der Waals surface area contributed by atoms with E-state index in [0.717, 1.165) is 29.6 Å². The number of carbonyl (C=O) groups excluding carboxylic acids is 1. The molecule has 0 spiro atoms. The van der Waals surface area contributed by atoms with Crippen molar-refractivity contribution in [2.45, 2.75) is 53.0 Å². The van der Waals surface area contributed by atoms with E-state index in [2.05, 4.69) is 61.3 Å². The van der Waals surface area contributed by atoms with Crippen LogP contribution in [-0.4, -0.2) is 30.4 Å². The highest BCUT2D eigenvalue weighted by molar-refractivity contribution is 5.99. The van der Waals surface area contributed by atoms with Crippen LogP contribution in [0.3, 0.4) is 0 Å². The molecule has 4 nitrogen and oxygen atoms in total. The molecule has 1 aromatic heterocycles. The highest BCUT2D eigenvalue weighted by Gasteiger charge is 2.25. The maximum Gasteiger partial charge on any atom is 0.287 e. The van der Waals surface area contributed by atoms with Crippen molar-refractivity contribution in [3.63, 3.8) is 0 Å². The molecule has 2 heterocycles. The van der Waals surface area contributed by atoms with Gasteiger partial charge in [0.15, 0.2) is 5.76 Å². The fourth-order valence-corrected chi connectivity index (χ4v) is 4.44. The van der Waals surface area contributed by atoms with Crippen LogP contribution >= 0.6 is 0 Å². The summed E-state index contributed by atoms with van der Waals surface area (Å²) in [5, 5.41) is 4.19. The zero-order valence-electron chi connectivity index (χ0n) is 18.5. The summed E-state index contributed by atoms with van der Waals surface area (Å²) in [6.45, 7) is 11.0. The summed E-state index contributed by atoms with van der Waals surface area (Å²) in [6.07, 6.45) is 3.73. The highest BCUT2D eigenvalue weighted by atomic mass is 16.3. The number of benzene rings is 2. The molecule has 1 fully saturated rings. The molecule has 30 heavy (non-hydrogen) atoms. The molecule has 0 unspecified atom stereocenters. The molecule has 0 aliphatic carbocycles. The molecule has 4 rings (SSSR count). The van der Waals surface area contributed by atoms with Crippen LogP contribution in [-0.2, 0) is 0 Å². The zero-order chi connectivity index (χ0) is 21.3. The molecule has 1 saturated heterocycles. The number of carbonyl (C=O) groups is 1. The van der Waals surface area contributed by atoms with Crippen LogP contribution in [0.4, 0.5) is 0 Å². The number of nitrogens with one attached hydrogen (secondary N) is 1. The molecular formula is C26H32N2O2. The summed E-state index contributed by atoms with van der Waals surface area (Å²) in [5.41, 5.74) is 6.59. The average Bonchev–Trinajstić information content (AvgIpc) is 3.06. The summed E-state index contributed by atoms with van der Waals surface area (Å²) in [6, 6.07) is 13.0. The lowest BCUT2D eigenvalue weighted by Crippen LogP contribution is -2.40. The number of fused-ring (bicyclic) bond motifs is 1. The van der Waals surface area contributed by atoms with Gasteiger partial charge < -0.3 is 9.73 Å². The Morgan fingerprint density at radius 1 is 1.00 bits per heavy atom. The van der Waals surface area contributed by atoms with Crippen molar-refractivity contribution in [3.8, 4) is 0 Å². The number of aryl methyl sites for hydroxylation is 4. The minimum absolute atomic E-state index is 0.131. The number of nitrogens with zero attached hydrogens (tertiary/aromatic N) is 1. The van der Waals surface area contributed by atoms with E-state index in [4.69, 9.17) is 4.42 Å². The van der Waals surface area contributed by atoms with Crippen LogP contribution in [0.25, 0.3) is 11.0 Å². The van der Waals surface area contributed by atoms with Gasteiger partial charge in [0, 0.05) is 17.5 Å². The fourth-order valence-electron chi connectivity index (χ4n) is 4.44. The van der Waals surface area contributed by atoms with Gasteiger partial charge in [-0.25, -0.2) is 0 Å². The van der Waals surface area contributed by atoms with E-state index in [1.807, 2.05) is 13.0 Å². The Hall–Kier alpha value is -2.59. The van der Waals surface area contributed by atoms with Crippen LogP contribution in [0.5, 0.6) is 0 Å². The van der Waals surface area contributed by atoms with Gasteiger partial charge in [-0.3, -0.25) is 9.69 Å². The van der Waals surface area contributed by atoms with E-state index in [1.165, 1.54) is 41.5 Å². The quantitative estimate of drug-likeness (QED) is 0.600. The fraction of sp³-hybridized carbons (Fsp3) is 0.423.